The van der Waals surface area contributed by atoms with E-state index in [-0.39, 0.29) is 11.0 Å². The fraction of sp³-hybridized carbons (Fsp3) is 0.200. The van der Waals surface area contributed by atoms with Crippen LogP contribution in [0.4, 0.5) is 11.4 Å². The van der Waals surface area contributed by atoms with Gasteiger partial charge in [0.2, 0.25) is 5.91 Å². The Bertz CT molecular complexity index is 369. The molecule has 0 heterocycles. The summed E-state index contributed by atoms with van der Waals surface area (Å²) in [6.07, 6.45) is 0. The van der Waals surface area contributed by atoms with Crippen LogP contribution in [0.3, 0.4) is 0 Å². The highest BCUT2D eigenvalue weighted by atomic mass is 32.1. The minimum atomic E-state index is -0.106. The van der Waals surface area contributed by atoms with Crippen molar-refractivity contribution in [2.45, 2.75) is 13.8 Å². The summed E-state index contributed by atoms with van der Waals surface area (Å²) >= 11 is 4.75. The second-order valence-electron chi connectivity index (χ2n) is 3.15. The van der Waals surface area contributed by atoms with Crippen molar-refractivity contribution in [1.29, 1.82) is 0 Å². The molecular formula is C10H13N3OS. The average molecular weight is 223 g/mol. The van der Waals surface area contributed by atoms with Crippen LogP contribution >= 0.6 is 12.2 Å². The number of nitrogens with one attached hydrogen (secondary N) is 2. The quantitative estimate of drug-likeness (QED) is 0.666. The van der Waals surface area contributed by atoms with Crippen molar-refractivity contribution in [3.63, 3.8) is 0 Å². The molecule has 0 saturated heterocycles. The Morgan fingerprint density at radius 2 is 1.87 bits per heavy atom. The van der Waals surface area contributed by atoms with E-state index in [1.807, 2.05) is 25.1 Å². The van der Waals surface area contributed by atoms with Crippen LogP contribution in [0.15, 0.2) is 18.2 Å². The zero-order valence-corrected chi connectivity index (χ0v) is 9.44. The minimum Gasteiger partial charge on any atom is -0.376 e. The maximum atomic E-state index is 10.9. The Balaban J connectivity index is 2.99. The summed E-state index contributed by atoms with van der Waals surface area (Å²) in [5.74, 6) is -0.106. The zero-order valence-electron chi connectivity index (χ0n) is 8.63. The Morgan fingerprint density at radius 3 is 2.33 bits per heavy atom. The molecule has 0 bridgehead atoms. The summed E-state index contributed by atoms with van der Waals surface area (Å²) in [6.45, 7) is 3.35. The highest BCUT2D eigenvalue weighted by Gasteiger charge is 2.04. The Hall–Kier alpha value is -1.62. The minimum absolute atomic E-state index is 0.106. The van der Waals surface area contributed by atoms with Crippen LogP contribution in [0.1, 0.15) is 12.5 Å². The van der Waals surface area contributed by atoms with Gasteiger partial charge in [0.15, 0.2) is 5.11 Å². The SMILES string of the molecule is CC(=O)Nc1cccc(NC(N)=S)c1C. The first kappa shape index (κ1) is 11.5. The van der Waals surface area contributed by atoms with Gasteiger partial charge in [-0.2, -0.15) is 0 Å². The first-order chi connectivity index (χ1) is 7.00. The van der Waals surface area contributed by atoms with E-state index in [0.717, 1.165) is 16.9 Å². The van der Waals surface area contributed by atoms with E-state index in [1.165, 1.54) is 6.92 Å². The predicted octanol–water partition coefficient (Wildman–Crippen LogP) is 1.61. The van der Waals surface area contributed by atoms with Gasteiger partial charge in [-0.3, -0.25) is 4.79 Å². The monoisotopic (exact) mass is 223 g/mol. The van der Waals surface area contributed by atoms with Crippen molar-refractivity contribution in [3.8, 4) is 0 Å². The van der Waals surface area contributed by atoms with Gasteiger partial charge in [-0.1, -0.05) is 6.07 Å². The number of rotatable bonds is 2. The first-order valence-electron chi connectivity index (χ1n) is 4.44. The van der Waals surface area contributed by atoms with Crippen LogP contribution in [0.5, 0.6) is 0 Å². The topological polar surface area (TPSA) is 67.2 Å². The van der Waals surface area contributed by atoms with Gasteiger partial charge in [0.25, 0.3) is 0 Å². The number of nitrogens with two attached hydrogens (primary N) is 1. The Morgan fingerprint density at radius 1 is 1.33 bits per heavy atom. The molecule has 0 spiro atoms. The van der Waals surface area contributed by atoms with Gasteiger partial charge < -0.3 is 16.4 Å². The maximum Gasteiger partial charge on any atom is 0.221 e. The largest absolute Gasteiger partial charge is 0.376 e. The van der Waals surface area contributed by atoms with Gasteiger partial charge >= 0.3 is 0 Å². The number of hydrogen-bond acceptors (Lipinski definition) is 2. The Labute approximate surface area is 93.9 Å². The fourth-order valence-corrected chi connectivity index (χ4v) is 1.34. The highest BCUT2D eigenvalue weighted by Crippen LogP contribution is 2.22. The van der Waals surface area contributed by atoms with Crippen molar-refractivity contribution >= 4 is 34.6 Å². The molecule has 0 radical (unpaired) electrons. The second-order valence-corrected chi connectivity index (χ2v) is 3.59. The summed E-state index contributed by atoms with van der Waals surface area (Å²) in [5.41, 5.74) is 7.83. The van der Waals surface area contributed by atoms with E-state index in [1.54, 1.807) is 0 Å². The molecule has 0 aromatic heterocycles. The van der Waals surface area contributed by atoms with Crippen LogP contribution in [-0.2, 0) is 4.79 Å². The van der Waals surface area contributed by atoms with Gasteiger partial charge in [0.1, 0.15) is 0 Å². The van der Waals surface area contributed by atoms with Crippen molar-refractivity contribution in [2.75, 3.05) is 10.6 Å². The summed E-state index contributed by atoms with van der Waals surface area (Å²) in [7, 11) is 0. The molecule has 0 aliphatic heterocycles. The van der Waals surface area contributed by atoms with E-state index in [4.69, 9.17) is 18.0 Å². The Kier molecular flexibility index (Phi) is 3.62. The number of carbonyl (C=O) groups is 1. The molecule has 4 N–H and O–H groups in total. The standard InChI is InChI=1S/C10H13N3OS/c1-6-8(12-7(2)14)4-3-5-9(6)13-10(11)15/h3-5H,1-2H3,(H,12,14)(H3,11,13,15). The average Bonchev–Trinajstić information content (AvgIpc) is 2.10. The first-order valence-corrected chi connectivity index (χ1v) is 4.85. The molecule has 0 aliphatic carbocycles. The lowest BCUT2D eigenvalue weighted by Crippen LogP contribution is -2.20. The lowest BCUT2D eigenvalue weighted by molar-refractivity contribution is -0.114. The van der Waals surface area contributed by atoms with E-state index in [2.05, 4.69) is 10.6 Å². The van der Waals surface area contributed by atoms with E-state index in [9.17, 15) is 4.79 Å². The third-order valence-electron chi connectivity index (χ3n) is 1.90. The van der Waals surface area contributed by atoms with Crippen molar-refractivity contribution in [1.82, 2.24) is 0 Å². The molecule has 1 aromatic carbocycles. The smallest absolute Gasteiger partial charge is 0.221 e. The van der Waals surface area contributed by atoms with Crippen LogP contribution in [0.25, 0.3) is 0 Å². The van der Waals surface area contributed by atoms with E-state index in [0.29, 0.717) is 0 Å². The highest BCUT2D eigenvalue weighted by molar-refractivity contribution is 7.80. The third-order valence-corrected chi connectivity index (χ3v) is 2.00. The fourth-order valence-electron chi connectivity index (χ4n) is 1.23. The van der Waals surface area contributed by atoms with E-state index >= 15 is 0 Å². The molecule has 0 saturated carbocycles. The van der Waals surface area contributed by atoms with Crippen molar-refractivity contribution in [2.24, 2.45) is 5.73 Å². The second kappa shape index (κ2) is 4.75. The molecule has 4 nitrogen and oxygen atoms in total. The summed E-state index contributed by atoms with van der Waals surface area (Å²) in [4.78, 5) is 10.9. The molecule has 0 aliphatic rings. The number of benzene rings is 1. The van der Waals surface area contributed by atoms with Crippen LogP contribution in [-0.4, -0.2) is 11.0 Å². The van der Waals surface area contributed by atoms with E-state index < -0.39 is 0 Å². The molecule has 1 rings (SSSR count). The van der Waals surface area contributed by atoms with Gasteiger partial charge in [-0.25, -0.2) is 0 Å². The molecular weight excluding hydrogens is 210 g/mol. The van der Waals surface area contributed by atoms with Crippen LogP contribution < -0.4 is 16.4 Å². The van der Waals surface area contributed by atoms with Gasteiger partial charge in [-0.15, -0.1) is 0 Å². The molecule has 0 unspecified atom stereocenters. The molecule has 1 amide bonds. The van der Waals surface area contributed by atoms with Gasteiger partial charge in [-0.05, 0) is 36.8 Å². The predicted molar refractivity (Wildman–Crippen MR) is 65.9 cm³/mol. The summed E-state index contributed by atoms with van der Waals surface area (Å²) in [6, 6.07) is 5.49. The summed E-state index contributed by atoms with van der Waals surface area (Å²) < 4.78 is 0. The molecule has 1 aromatic rings. The number of amides is 1. The molecule has 5 heteroatoms. The van der Waals surface area contributed by atoms with Crippen molar-refractivity contribution in [3.05, 3.63) is 23.8 Å². The zero-order chi connectivity index (χ0) is 11.4. The molecule has 15 heavy (non-hydrogen) atoms. The lowest BCUT2D eigenvalue weighted by Gasteiger charge is -2.12. The number of anilines is 2. The molecule has 0 atom stereocenters. The van der Waals surface area contributed by atoms with Gasteiger partial charge in [0, 0.05) is 18.3 Å². The van der Waals surface area contributed by atoms with Crippen molar-refractivity contribution < 1.29 is 4.79 Å². The number of hydrogen-bond donors (Lipinski definition) is 3. The lowest BCUT2D eigenvalue weighted by atomic mass is 10.1. The summed E-state index contributed by atoms with van der Waals surface area (Å²) in [5, 5.41) is 5.77. The van der Waals surface area contributed by atoms with Crippen LogP contribution in [0.2, 0.25) is 0 Å². The third kappa shape index (κ3) is 3.21. The maximum absolute atomic E-state index is 10.9. The van der Waals surface area contributed by atoms with Crippen LogP contribution in [0, 0.1) is 6.92 Å². The normalized spacial score (nSPS) is 9.47. The molecule has 80 valence electrons. The van der Waals surface area contributed by atoms with Gasteiger partial charge in [0.05, 0.1) is 0 Å². The number of carbonyl (C=O) groups excluding carboxylic acids is 1. The number of thiocarbonyl (C=S) groups is 1. The molecule has 0 fully saturated rings.